The maximum absolute atomic E-state index is 9.10. The van der Waals surface area contributed by atoms with Crippen LogP contribution in [0.3, 0.4) is 0 Å². The Kier molecular flexibility index (Phi) is 8.65. The largest absolute Gasteiger partial charge is 0.497 e. The lowest BCUT2D eigenvalue weighted by Gasteiger charge is -2.13. The minimum atomic E-state index is -1.82. The zero-order valence-corrected chi connectivity index (χ0v) is 16.9. The van der Waals surface area contributed by atoms with Gasteiger partial charge in [-0.25, -0.2) is 9.59 Å². The average molecular weight is 411 g/mol. The van der Waals surface area contributed by atoms with E-state index in [9.17, 15) is 0 Å². The molecule has 0 bridgehead atoms. The van der Waals surface area contributed by atoms with Crippen LogP contribution in [0.4, 0.5) is 0 Å². The van der Waals surface area contributed by atoms with Gasteiger partial charge in [0.15, 0.2) is 0 Å². The van der Waals surface area contributed by atoms with Crippen molar-refractivity contribution in [2.75, 3.05) is 20.8 Å². The number of nitrogens with one attached hydrogen (secondary N) is 1. The molecule has 0 saturated heterocycles. The SMILES string of the molecule is COc1ccc(CCNCc2c(OC)ccc3ccccc23)cc1.O=C(O)C(=O)O. The third-order valence-corrected chi connectivity index (χ3v) is 4.45. The number of rotatable bonds is 7. The summed E-state index contributed by atoms with van der Waals surface area (Å²) in [5.74, 6) is -1.82. The molecule has 30 heavy (non-hydrogen) atoms. The van der Waals surface area contributed by atoms with E-state index in [0.29, 0.717) is 0 Å². The van der Waals surface area contributed by atoms with Crippen molar-refractivity contribution in [3.8, 4) is 11.5 Å². The molecular formula is C23H25NO6. The smallest absolute Gasteiger partial charge is 0.414 e. The summed E-state index contributed by atoms with van der Waals surface area (Å²) in [7, 11) is 3.42. The van der Waals surface area contributed by atoms with Crippen LogP contribution in [0.2, 0.25) is 0 Å². The number of carboxylic acid groups (broad SMARTS) is 2. The fourth-order valence-electron chi connectivity index (χ4n) is 2.93. The Bertz CT molecular complexity index is 973. The number of ether oxygens (including phenoxy) is 2. The van der Waals surface area contributed by atoms with Crippen molar-refractivity contribution in [2.45, 2.75) is 13.0 Å². The van der Waals surface area contributed by atoms with Gasteiger partial charge in [-0.05, 0) is 47.5 Å². The van der Waals surface area contributed by atoms with Gasteiger partial charge in [-0.1, -0.05) is 42.5 Å². The van der Waals surface area contributed by atoms with Crippen LogP contribution in [0, 0.1) is 0 Å². The zero-order valence-electron chi connectivity index (χ0n) is 16.9. The minimum absolute atomic E-state index is 0.792. The molecule has 0 radical (unpaired) electrons. The normalized spacial score (nSPS) is 10.1. The number of hydrogen-bond donors (Lipinski definition) is 3. The van der Waals surface area contributed by atoms with Crippen LogP contribution in [0.15, 0.2) is 60.7 Å². The Labute approximate surface area is 174 Å². The number of benzene rings is 3. The molecular weight excluding hydrogens is 386 g/mol. The van der Waals surface area contributed by atoms with Gasteiger partial charge in [0.1, 0.15) is 11.5 Å². The molecule has 0 fully saturated rings. The minimum Gasteiger partial charge on any atom is -0.497 e. The standard InChI is InChI=1S/C21H23NO2.C2H2O4/c1-23-18-10-7-16(8-11-18)13-14-22-15-20-19-6-4-3-5-17(19)9-12-21(20)24-2;3-1(4)2(5)6/h3-12,22H,13-15H2,1-2H3;(H,3,4)(H,5,6). The van der Waals surface area contributed by atoms with E-state index in [-0.39, 0.29) is 0 Å². The van der Waals surface area contributed by atoms with Gasteiger partial charge in [0.05, 0.1) is 14.2 Å². The summed E-state index contributed by atoms with van der Waals surface area (Å²) in [6.07, 6.45) is 0.983. The third kappa shape index (κ3) is 6.49. The molecule has 7 nitrogen and oxygen atoms in total. The fourth-order valence-corrected chi connectivity index (χ4v) is 2.93. The molecule has 3 aromatic carbocycles. The Morgan fingerprint density at radius 3 is 2.13 bits per heavy atom. The van der Waals surface area contributed by atoms with Gasteiger partial charge in [0.25, 0.3) is 0 Å². The first-order valence-electron chi connectivity index (χ1n) is 9.30. The second kappa shape index (κ2) is 11.4. The van der Waals surface area contributed by atoms with E-state index >= 15 is 0 Å². The van der Waals surface area contributed by atoms with Crippen molar-refractivity contribution in [3.05, 3.63) is 71.8 Å². The van der Waals surface area contributed by atoms with Crippen LogP contribution in [0.1, 0.15) is 11.1 Å². The molecule has 0 aliphatic carbocycles. The van der Waals surface area contributed by atoms with Crippen molar-refractivity contribution in [3.63, 3.8) is 0 Å². The highest BCUT2D eigenvalue weighted by molar-refractivity contribution is 6.27. The van der Waals surface area contributed by atoms with Gasteiger partial charge in [-0.3, -0.25) is 0 Å². The van der Waals surface area contributed by atoms with Crippen LogP contribution >= 0.6 is 0 Å². The molecule has 3 N–H and O–H groups in total. The molecule has 0 saturated carbocycles. The van der Waals surface area contributed by atoms with E-state index in [2.05, 4.69) is 47.8 Å². The molecule has 7 heteroatoms. The molecule has 0 aliphatic rings. The summed E-state index contributed by atoms with van der Waals surface area (Å²) >= 11 is 0. The van der Waals surface area contributed by atoms with Gasteiger partial charge in [0.2, 0.25) is 0 Å². The van der Waals surface area contributed by atoms with Gasteiger partial charge < -0.3 is 25.0 Å². The lowest BCUT2D eigenvalue weighted by molar-refractivity contribution is -0.159. The van der Waals surface area contributed by atoms with Gasteiger partial charge in [-0.15, -0.1) is 0 Å². The Morgan fingerprint density at radius 1 is 0.867 bits per heavy atom. The van der Waals surface area contributed by atoms with Crippen LogP contribution in [0.5, 0.6) is 11.5 Å². The average Bonchev–Trinajstić information content (AvgIpc) is 2.77. The van der Waals surface area contributed by atoms with E-state index in [1.807, 2.05) is 18.2 Å². The molecule has 0 spiro atoms. The summed E-state index contributed by atoms with van der Waals surface area (Å²) < 4.78 is 10.7. The summed E-state index contributed by atoms with van der Waals surface area (Å²) in [6, 6.07) is 20.8. The Morgan fingerprint density at radius 2 is 1.53 bits per heavy atom. The molecule has 0 aromatic heterocycles. The first kappa shape index (κ1) is 22.7. The second-order valence-corrected chi connectivity index (χ2v) is 6.35. The maximum atomic E-state index is 9.10. The van der Waals surface area contributed by atoms with E-state index in [0.717, 1.165) is 31.0 Å². The molecule has 0 aliphatic heterocycles. The lowest BCUT2D eigenvalue weighted by atomic mass is 10.0. The molecule has 0 unspecified atom stereocenters. The van der Waals surface area contributed by atoms with Gasteiger partial charge in [0, 0.05) is 12.1 Å². The van der Waals surface area contributed by atoms with Crippen LogP contribution in [-0.2, 0) is 22.6 Å². The first-order valence-corrected chi connectivity index (χ1v) is 9.30. The summed E-state index contributed by atoms with van der Waals surface area (Å²) in [4.78, 5) is 18.2. The first-order chi connectivity index (χ1) is 14.5. The maximum Gasteiger partial charge on any atom is 0.414 e. The zero-order chi connectivity index (χ0) is 21.9. The number of aliphatic carboxylic acids is 2. The van der Waals surface area contributed by atoms with Gasteiger partial charge >= 0.3 is 11.9 Å². The van der Waals surface area contributed by atoms with E-state index in [1.54, 1.807) is 14.2 Å². The number of fused-ring (bicyclic) bond motifs is 1. The van der Waals surface area contributed by atoms with Crippen molar-refractivity contribution in [1.29, 1.82) is 0 Å². The lowest BCUT2D eigenvalue weighted by Crippen LogP contribution is -2.17. The van der Waals surface area contributed by atoms with E-state index in [1.165, 1.54) is 21.9 Å². The number of carboxylic acids is 2. The molecule has 0 amide bonds. The topological polar surface area (TPSA) is 105 Å². The van der Waals surface area contributed by atoms with E-state index in [4.69, 9.17) is 29.3 Å². The number of carbonyl (C=O) groups is 2. The molecule has 3 aromatic rings. The highest BCUT2D eigenvalue weighted by Crippen LogP contribution is 2.27. The second-order valence-electron chi connectivity index (χ2n) is 6.35. The Hall–Kier alpha value is -3.58. The van der Waals surface area contributed by atoms with Crippen LogP contribution in [-0.4, -0.2) is 42.9 Å². The molecule has 0 heterocycles. The predicted molar refractivity (Wildman–Crippen MR) is 114 cm³/mol. The van der Waals surface area contributed by atoms with Crippen molar-refractivity contribution in [2.24, 2.45) is 0 Å². The quantitative estimate of drug-likeness (QED) is 0.404. The van der Waals surface area contributed by atoms with Crippen molar-refractivity contribution < 1.29 is 29.3 Å². The number of hydrogen-bond acceptors (Lipinski definition) is 5. The predicted octanol–water partition coefficient (Wildman–Crippen LogP) is 3.34. The van der Waals surface area contributed by atoms with Gasteiger partial charge in [-0.2, -0.15) is 0 Å². The third-order valence-electron chi connectivity index (χ3n) is 4.45. The summed E-state index contributed by atoms with van der Waals surface area (Å²) in [5.41, 5.74) is 2.51. The number of methoxy groups -OCH3 is 2. The molecule has 158 valence electrons. The molecule has 0 atom stereocenters. The fraction of sp³-hybridized carbons (Fsp3) is 0.217. The highest BCUT2D eigenvalue weighted by Gasteiger charge is 2.07. The monoisotopic (exact) mass is 411 g/mol. The van der Waals surface area contributed by atoms with Crippen LogP contribution in [0.25, 0.3) is 10.8 Å². The highest BCUT2D eigenvalue weighted by atomic mass is 16.5. The Balaban J connectivity index is 0.000000469. The van der Waals surface area contributed by atoms with Crippen molar-refractivity contribution >= 4 is 22.7 Å². The molecule has 3 rings (SSSR count). The van der Waals surface area contributed by atoms with Crippen LogP contribution < -0.4 is 14.8 Å². The summed E-state index contributed by atoms with van der Waals surface area (Å²) in [6.45, 7) is 1.71. The summed E-state index contributed by atoms with van der Waals surface area (Å²) in [5, 5.41) is 20.8. The van der Waals surface area contributed by atoms with Crippen molar-refractivity contribution in [1.82, 2.24) is 5.32 Å². The van der Waals surface area contributed by atoms with E-state index < -0.39 is 11.9 Å².